The van der Waals surface area contributed by atoms with Crippen molar-refractivity contribution in [3.63, 3.8) is 0 Å². The van der Waals surface area contributed by atoms with Gasteiger partial charge in [-0.15, -0.1) is 0 Å². The number of aromatic nitrogens is 1. The lowest BCUT2D eigenvalue weighted by molar-refractivity contribution is -0.146. The molecule has 0 aliphatic heterocycles. The molecule has 0 unspecified atom stereocenters. The zero-order valence-corrected chi connectivity index (χ0v) is 9.78. The number of carbonyl (C=O) groups excluding carboxylic acids is 1. The van der Waals surface area contributed by atoms with Crippen molar-refractivity contribution in [3.05, 3.63) is 33.2 Å². The van der Waals surface area contributed by atoms with Gasteiger partial charge >= 0.3 is 18.3 Å². The standard InChI is InChI=1S/C10H7F6NO3/c1-2-20-8(19)6-4(9(11,12)13)3-5(18)17-7(6)10(14,15)16/h3H,2H2,1H3,(H,17,18). The highest BCUT2D eigenvalue weighted by Crippen LogP contribution is 2.37. The minimum Gasteiger partial charge on any atom is -0.462 e. The highest BCUT2D eigenvalue weighted by Gasteiger charge is 2.44. The van der Waals surface area contributed by atoms with Crippen LogP contribution in [0.1, 0.15) is 28.5 Å². The Hall–Kier alpha value is -2.00. The van der Waals surface area contributed by atoms with E-state index in [1.807, 2.05) is 0 Å². The summed E-state index contributed by atoms with van der Waals surface area (Å²) in [4.78, 5) is 23.5. The van der Waals surface area contributed by atoms with Crippen LogP contribution in [0.4, 0.5) is 26.3 Å². The van der Waals surface area contributed by atoms with Crippen molar-refractivity contribution in [3.8, 4) is 0 Å². The normalized spacial score (nSPS) is 12.3. The summed E-state index contributed by atoms with van der Waals surface area (Å²) in [6, 6.07) is -0.124. The molecule has 10 heteroatoms. The third kappa shape index (κ3) is 3.31. The van der Waals surface area contributed by atoms with Crippen molar-refractivity contribution in [1.82, 2.24) is 4.98 Å². The van der Waals surface area contributed by atoms with Gasteiger partial charge in [-0.05, 0) is 6.92 Å². The van der Waals surface area contributed by atoms with Crippen LogP contribution in [0, 0.1) is 0 Å². The molecular formula is C10H7F6NO3. The second-order valence-corrected chi connectivity index (χ2v) is 3.51. The molecule has 0 aliphatic carbocycles. The summed E-state index contributed by atoms with van der Waals surface area (Å²) in [5.74, 6) is -1.82. The highest BCUT2D eigenvalue weighted by atomic mass is 19.4. The van der Waals surface area contributed by atoms with E-state index in [-0.39, 0.29) is 6.07 Å². The molecule has 4 nitrogen and oxygen atoms in total. The fourth-order valence-corrected chi connectivity index (χ4v) is 1.41. The molecule has 0 spiro atoms. The number of hydrogen-bond acceptors (Lipinski definition) is 3. The maximum atomic E-state index is 12.7. The van der Waals surface area contributed by atoms with Gasteiger partial charge in [-0.2, -0.15) is 26.3 Å². The van der Waals surface area contributed by atoms with Crippen molar-refractivity contribution in [2.24, 2.45) is 0 Å². The first-order valence-electron chi connectivity index (χ1n) is 5.07. The molecule has 1 aromatic heterocycles. The van der Waals surface area contributed by atoms with Gasteiger partial charge in [0.15, 0.2) is 0 Å². The van der Waals surface area contributed by atoms with E-state index in [4.69, 9.17) is 0 Å². The number of aromatic amines is 1. The van der Waals surface area contributed by atoms with E-state index >= 15 is 0 Å². The molecule has 20 heavy (non-hydrogen) atoms. The minimum atomic E-state index is -5.34. The second-order valence-electron chi connectivity index (χ2n) is 3.51. The van der Waals surface area contributed by atoms with Gasteiger partial charge in [0.05, 0.1) is 12.2 Å². The Morgan fingerprint density at radius 2 is 1.75 bits per heavy atom. The van der Waals surface area contributed by atoms with Crippen LogP contribution in [0.3, 0.4) is 0 Å². The van der Waals surface area contributed by atoms with Crippen LogP contribution in [0.2, 0.25) is 0 Å². The topological polar surface area (TPSA) is 59.2 Å². The number of hydrogen-bond donors (Lipinski definition) is 1. The van der Waals surface area contributed by atoms with Gasteiger partial charge in [-0.3, -0.25) is 4.79 Å². The molecule has 0 aliphatic rings. The average molecular weight is 303 g/mol. The lowest BCUT2D eigenvalue weighted by atomic mass is 10.1. The molecule has 1 rings (SSSR count). The molecule has 0 atom stereocenters. The second kappa shape index (κ2) is 5.17. The Labute approximate surface area is 107 Å². The van der Waals surface area contributed by atoms with E-state index < -0.39 is 47.3 Å². The van der Waals surface area contributed by atoms with Crippen molar-refractivity contribution >= 4 is 5.97 Å². The predicted molar refractivity (Wildman–Crippen MR) is 53.0 cm³/mol. The first-order chi connectivity index (χ1) is 8.98. The summed E-state index contributed by atoms with van der Waals surface area (Å²) < 4.78 is 80.1. The molecule has 0 fully saturated rings. The first kappa shape index (κ1) is 16.1. The van der Waals surface area contributed by atoms with Crippen LogP contribution in [0.25, 0.3) is 0 Å². The SMILES string of the molecule is CCOC(=O)c1c(C(F)(F)F)cc(=O)[nH]c1C(F)(F)F. The van der Waals surface area contributed by atoms with Crippen molar-refractivity contribution in [1.29, 1.82) is 0 Å². The van der Waals surface area contributed by atoms with E-state index in [0.717, 1.165) is 0 Å². The third-order valence-corrected chi connectivity index (χ3v) is 2.11. The van der Waals surface area contributed by atoms with E-state index in [1.54, 1.807) is 0 Å². The summed E-state index contributed by atoms with van der Waals surface area (Å²) in [5, 5.41) is 0. The van der Waals surface area contributed by atoms with Gasteiger partial charge in [-0.25, -0.2) is 4.79 Å². The van der Waals surface area contributed by atoms with Crippen LogP contribution in [0.15, 0.2) is 10.9 Å². The highest BCUT2D eigenvalue weighted by molar-refractivity contribution is 5.92. The number of nitrogens with one attached hydrogen (secondary N) is 1. The molecule has 0 bridgehead atoms. The van der Waals surface area contributed by atoms with E-state index in [2.05, 4.69) is 4.74 Å². The van der Waals surface area contributed by atoms with E-state index in [9.17, 15) is 35.9 Å². The van der Waals surface area contributed by atoms with Crippen molar-refractivity contribution in [2.75, 3.05) is 6.61 Å². The summed E-state index contributed by atoms with van der Waals surface area (Å²) in [6.07, 6.45) is -10.7. The summed E-state index contributed by atoms with van der Waals surface area (Å²) in [7, 11) is 0. The van der Waals surface area contributed by atoms with Crippen molar-refractivity contribution < 1.29 is 35.9 Å². The summed E-state index contributed by atoms with van der Waals surface area (Å²) in [5.41, 5.74) is -7.47. The van der Waals surface area contributed by atoms with Crippen LogP contribution >= 0.6 is 0 Å². The molecule has 0 amide bonds. The zero-order chi connectivity index (χ0) is 15.7. The van der Waals surface area contributed by atoms with Crippen molar-refractivity contribution in [2.45, 2.75) is 19.3 Å². The molecule has 1 N–H and O–H groups in total. The number of ether oxygens (including phenoxy) is 1. The maximum Gasteiger partial charge on any atom is 0.432 e. The third-order valence-electron chi connectivity index (χ3n) is 2.11. The summed E-state index contributed by atoms with van der Waals surface area (Å²) >= 11 is 0. The Bertz CT molecular complexity index is 534. The number of rotatable bonds is 2. The van der Waals surface area contributed by atoms with Crippen LogP contribution in [-0.2, 0) is 17.1 Å². The molecule has 0 aromatic carbocycles. The Morgan fingerprint density at radius 3 is 2.15 bits per heavy atom. The van der Waals surface area contributed by atoms with Gasteiger partial charge in [0.25, 0.3) is 0 Å². The molecular weight excluding hydrogens is 296 g/mol. The largest absolute Gasteiger partial charge is 0.462 e. The fraction of sp³-hybridized carbons (Fsp3) is 0.400. The van der Waals surface area contributed by atoms with Crippen LogP contribution < -0.4 is 5.56 Å². The lowest BCUT2D eigenvalue weighted by Gasteiger charge is -2.16. The molecule has 0 saturated heterocycles. The minimum absolute atomic E-state index is 0.124. The quantitative estimate of drug-likeness (QED) is 0.675. The number of esters is 1. The predicted octanol–water partition coefficient (Wildman–Crippen LogP) is 2.59. The van der Waals surface area contributed by atoms with Gasteiger partial charge < -0.3 is 9.72 Å². The molecule has 0 saturated carbocycles. The molecule has 112 valence electrons. The number of halogens is 6. The smallest absolute Gasteiger partial charge is 0.432 e. The van der Waals surface area contributed by atoms with Gasteiger partial charge in [0, 0.05) is 6.07 Å². The van der Waals surface area contributed by atoms with Gasteiger partial charge in [-0.1, -0.05) is 0 Å². The Balaban J connectivity index is 3.72. The zero-order valence-electron chi connectivity index (χ0n) is 9.78. The number of alkyl halides is 6. The Kier molecular flexibility index (Phi) is 4.15. The maximum absolute atomic E-state index is 12.7. The van der Waals surface area contributed by atoms with Crippen LogP contribution in [-0.4, -0.2) is 17.6 Å². The van der Waals surface area contributed by atoms with E-state index in [0.29, 0.717) is 0 Å². The molecule has 1 aromatic rings. The Morgan fingerprint density at radius 1 is 1.20 bits per heavy atom. The van der Waals surface area contributed by atoms with E-state index in [1.165, 1.54) is 11.9 Å². The number of pyridine rings is 1. The molecule has 0 radical (unpaired) electrons. The lowest BCUT2D eigenvalue weighted by Crippen LogP contribution is -2.27. The molecule has 1 heterocycles. The average Bonchev–Trinajstić information content (AvgIpc) is 2.25. The first-order valence-corrected chi connectivity index (χ1v) is 5.07. The van der Waals surface area contributed by atoms with Gasteiger partial charge in [0.2, 0.25) is 5.56 Å². The fourth-order valence-electron chi connectivity index (χ4n) is 1.41. The summed E-state index contributed by atoms with van der Waals surface area (Å²) in [6.45, 7) is 0.788. The monoisotopic (exact) mass is 303 g/mol. The number of H-pyrrole nitrogens is 1. The number of carbonyl (C=O) groups is 1. The van der Waals surface area contributed by atoms with Crippen LogP contribution in [0.5, 0.6) is 0 Å². The van der Waals surface area contributed by atoms with Gasteiger partial charge in [0.1, 0.15) is 11.3 Å².